The molecule has 0 bridgehead atoms. The molecule has 2 aromatic rings. The predicted octanol–water partition coefficient (Wildman–Crippen LogP) is 1.16. The van der Waals surface area contributed by atoms with Crippen molar-refractivity contribution in [2.45, 2.75) is 11.8 Å². The third-order valence-corrected chi connectivity index (χ3v) is 5.64. The van der Waals surface area contributed by atoms with Crippen molar-refractivity contribution in [2.24, 2.45) is 0 Å². The molecule has 0 unspecified atom stereocenters. The first-order valence-corrected chi connectivity index (χ1v) is 10.4. The molecule has 0 heterocycles. The molecule has 0 atom stereocenters. The van der Waals surface area contributed by atoms with E-state index in [2.05, 4.69) is 10.3 Å². The van der Waals surface area contributed by atoms with Crippen molar-refractivity contribution < 1.29 is 22.3 Å². The zero-order chi connectivity index (χ0) is 19.0. The average molecular weight is 396 g/mol. The monoisotopic (exact) mass is 395 g/mol. The van der Waals surface area contributed by atoms with E-state index in [1.165, 1.54) is 12.1 Å². The molecule has 0 aromatic heterocycles. The Kier molecular flexibility index (Phi) is 7.35. The van der Waals surface area contributed by atoms with Gasteiger partial charge in [-0.05, 0) is 48.5 Å². The standard InChI is InChI=1S/C18H22N2O4S2/c1-14-11-15(23-9-10-25-18(19-2)20-3)13-16(12-14)24-26(21,22)17-7-5-4-6-8-17/h4-8,11-13H,9-10H2,1-3H3,(H,19,20)/p+1. The molecular formula is C18H23N2O4S2+. The molecular weight excluding hydrogens is 372 g/mol. The molecule has 0 fully saturated rings. The van der Waals surface area contributed by atoms with Gasteiger partial charge in [0.15, 0.2) is 0 Å². The fraction of sp³-hybridized carbons (Fsp3) is 0.278. The maximum atomic E-state index is 12.3. The number of hydrogen-bond donors (Lipinski definition) is 2. The average Bonchev–Trinajstić information content (AvgIpc) is 2.62. The Morgan fingerprint density at radius 2 is 1.85 bits per heavy atom. The lowest BCUT2D eigenvalue weighted by atomic mass is 10.2. The number of hydrogen-bond acceptors (Lipinski definition) is 5. The van der Waals surface area contributed by atoms with Crippen LogP contribution in [0.3, 0.4) is 0 Å². The van der Waals surface area contributed by atoms with Gasteiger partial charge in [-0.25, -0.2) is 0 Å². The van der Waals surface area contributed by atoms with Crippen LogP contribution >= 0.6 is 11.8 Å². The van der Waals surface area contributed by atoms with E-state index in [1.54, 1.807) is 42.1 Å². The zero-order valence-corrected chi connectivity index (χ0v) is 16.6. The molecule has 8 heteroatoms. The van der Waals surface area contributed by atoms with E-state index in [1.807, 2.05) is 27.1 Å². The lowest BCUT2D eigenvalue weighted by Gasteiger charge is -2.11. The third kappa shape index (κ3) is 5.96. The van der Waals surface area contributed by atoms with E-state index in [0.717, 1.165) is 16.5 Å². The highest BCUT2D eigenvalue weighted by Crippen LogP contribution is 2.25. The van der Waals surface area contributed by atoms with Gasteiger partial charge in [0.05, 0.1) is 20.7 Å². The molecule has 6 nitrogen and oxygen atoms in total. The Labute approximate surface area is 158 Å². The highest BCUT2D eigenvalue weighted by molar-refractivity contribution is 8.13. The minimum absolute atomic E-state index is 0.113. The first kappa shape index (κ1) is 20.1. The van der Waals surface area contributed by atoms with Crippen molar-refractivity contribution in [1.82, 2.24) is 5.32 Å². The van der Waals surface area contributed by atoms with E-state index >= 15 is 0 Å². The van der Waals surface area contributed by atoms with Crippen LogP contribution in [-0.2, 0) is 10.1 Å². The molecule has 0 aliphatic rings. The Hall–Kier alpha value is -2.19. The van der Waals surface area contributed by atoms with Crippen molar-refractivity contribution in [2.75, 3.05) is 26.5 Å². The highest BCUT2D eigenvalue weighted by Gasteiger charge is 2.16. The van der Waals surface area contributed by atoms with Gasteiger partial charge in [-0.3, -0.25) is 10.3 Å². The second-order valence-corrected chi connectivity index (χ2v) is 8.01. The molecule has 0 saturated carbocycles. The SMILES string of the molecule is CNC(=[NH+]C)SCCOc1cc(C)cc(OS(=O)(=O)c2ccccc2)c1. The van der Waals surface area contributed by atoms with Gasteiger partial charge in [0, 0.05) is 11.8 Å². The zero-order valence-electron chi connectivity index (χ0n) is 15.0. The molecule has 140 valence electrons. The first-order chi connectivity index (χ1) is 12.4. The van der Waals surface area contributed by atoms with Crippen LogP contribution in [0.1, 0.15) is 5.56 Å². The van der Waals surface area contributed by atoms with E-state index in [0.29, 0.717) is 12.4 Å². The van der Waals surface area contributed by atoms with Crippen molar-refractivity contribution in [3.05, 3.63) is 54.1 Å². The van der Waals surface area contributed by atoms with Crippen LogP contribution in [-0.4, -0.2) is 40.0 Å². The molecule has 0 spiro atoms. The van der Waals surface area contributed by atoms with Crippen LogP contribution in [0.25, 0.3) is 0 Å². The maximum Gasteiger partial charge on any atom is 0.339 e. The van der Waals surface area contributed by atoms with Crippen LogP contribution in [0.15, 0.2) is 53.4 Å². The smallest absolute Gasteiger partial charge is 0.339 e. The number of aryl methyl sites for hydroxylation is 1. The van der Waals surface area contributed by atoms with Gasteiger partial charge in [0.1, 0.15) is 16.4 Å². The van der Waals surface area contributed by atoms with Crippen LogP contribution in [0.2, 0.25) is 0 Å². The van der Waals surface area contributed by atoms with Gasteiger partial charge in [-0.15, -0.1) is 0 Å². The number of ether oxygens (including phenoxy) is 1. The van der Waals surface area contributed by atoms with E-state index in [4.69, 9.17) is 8.92 Å². The van der Waals surface area contributed by atoms with Crippen LogP contribution in [0.4, 0.5) is 0 Å². The van der Waals surface area contributed by atoms with Gasteiger partial charge in [0.25, 0.3) is 0 Å². The van der Waals surface area contributed by atoms with Gasteiger partial charge in [0.2, 0.25) is 0 Å². The van der Waals surface area contributed by atoms with E-state index in [9.17, 15) is 8.42 Å². The van der Waals surface area contributed by atoms with Crippen molar-refractivity contribution in [3.8, 4) is 11.5 Å². The molecule has 2 N–H and O–H groups in total. The molecule has 2 rings (SSSR count). The van der Waals surface area contributed by atoms with Gasteiger partial charge >= 0.3 is 15.3 Å². The minimum Gasteiger partial charge on any atom is -0.493 e. The first-order valence-electron chi connectivity index (χ1n) is 8.04. The molecule has 0 aliphatic heterocycles. The minimum atomic E-state index is -3.87. The lowest BCUT2D eigenvalue weighted by molar-refractivity contribution is -0.418. The van der Waals surface area contributed by atoms with Gasteiger partial charge in [-0.2, -0.15) is 8.42 Å². The van der Waals surface area contributed by atoms with Crippen LogP contribution in [0.5, 0.6) is 11.5 Å². The summed E-state index contributed by atoms with van der Waals surface area (Å²) in [7, 11) is -0.181. The topological polar surface area (TPSA) is 78.6 Å². The summed E-state index contributed by atoms with van der Waals surface area (Å²) in [6.45, 7) is 2.34. The molecule has 0 radical (unpaired) electrons. The molecule has 2 aromatic carbocycles. The van der Waals surface area contributed by atoms with Gasteiger partial charge < -0.3 is 8.92 Å². The largest absolute Gasteiger partial charge is 0.493 e. The summed E-state index contributed by atoms with van der Waals surface area (Å²) in [5.74, 6) is 1.54. The number of amidine groups is 1. The maximum absolute atomic E-state index is 12.3. The highest BCUT2D eigenvalue weighted by atomic mass is 32.2. The van der Waals surface area contributed by atoms with Crippen molar-refractivity contribution >= 4 is 27.0 Å². The lowest BCUT2D eigenvalue weighted by Crippen LogP contribution is -2.70. The number of rotatable bonds is 7. The fourth-order valence-corrected chi connectivity index (χ4v) is 3.78. The quantitative estimate of drug-likeness (QED) is 0.317. The Morgan fingerprint density at radius 3 is 2.50 bits per heavy atom. The third-order valence-electron chi connectivity index (χ3n) is 3.31. The number of thioether (sulfide) groups is 1. The van der Waals surface area contributed by atoms with Crippen molar-refractivity contribution in [3.63, 3.8) is 0 Å². The van der Waals surface area contributed by atoms with Gasteiger partial charge in [-0.1, -0.05) is 18.2 Å². The second kappa shape index (κ2) is 9.49. The van der Waals surface area contributed by atoms with Crippen molar-refractivity contribution in [1.29, 1.82) is 0 Å². The Balaban J connectivity index is 2.03. The number of nitrogens with one attached hydrogen (secondary N) is 2. The Morgan fingerprint density at radius 1 is 1.15 bits per heavy atom. The summed E-state index contributed by atoms with van der Waals surface area (Å²) in [4.78, 5) is 3.15. The summed E-state index contributed by atoms with van der Waals surface area (Å²) in [5.41, 5.74) is 0.853. The van der Waals surface area contributed by atoms with Crippen LogP contribution in [0, 0.1) is 6.92 Å². The van der Waals surface area contributed by atoms with Crippen LogP contribution < -0.4 is 19.2 Å². The normalized spacial score (nSPS) is 11.9. The summed E-state index contributed by atoms with van der Waals surface area (Å²) < 4.78 is 35.7. The predicted molar refractivity (Wildman–Crippen MR) is 104 cm³/mol. The van der Waals surface area contributed by atoms with E-state index < -0.39 is 10.1 Å². The molecule has 0 aliphatic carbocycles. The molecule has 26 heavy (non-hydrogen) atoms. The Bertz CT molecular complexity index is 853. The molecule has 0 amide bonds. The number of benzene rings is 2. The fourth-order valence-electron chi connectivity index (χ4n) is 2.18. The summed E-state index contributed by atoms with van der Waals surface area (Å²) in [6.07, 6.45) is 0. The summed E-state index contributed by atoms with van der Waals surface area (Å²) >= 11 is 1.60. The summed E-state index contributed by atoms with van der Waals surface area (Å²) in [5, 5.41) is 3.99. The second-order valence-electron chi connectivity index (χ2n) is 5.36. The summed E-state index contributed by atoms with van der Waals surface area (Å²) in [6, 6.07) is 13.1. The van der Waals surface area contributed by atoms with E-state index in [-0.39, 0.29) is 10.6 Å². The molecule has 0 saturated heterocycles.